The molecule has 0 aliphatic rings. The summed E-state index contributed by atoms with van der Waals surface area (Å²) >= 11 is 0. The molecule has 0 aliphatic heterocycles. The summed E-state index contributed by atoms with van der Waals surface area (Å²) in [5.41, 5.74) is 0. The Balaban J connectivity index is 4.82. The minimum atomic E-state index is 0.615. The summed E-state index contributed by atoms with van der Waals surface area (Å²) in [5.74, 6) is 3.90. The normalized spacial score (nSPS) is 15.4. The van der Waals surface area contributed by atoms with Crippen LogP contribution in [-0.4, -0.2) is 23.0 Å². The van der Waals surface area contributed by atoms with E-state index in [9.17, 15) is 0 Å². The lowest BCUT2D eigenvalue weighted by Gasteiger charge is -2.48. The lowest BCUT2D eigenvalue weighted by molar-refractivity contribution is 0.00445. The fourth-order valence-corrected chi connectivity index (χ4v) is 6.74. The number of hydrogen-bond acceptors (Lipinski definition) is 1. The summed E-state index contributed by atoms with van der Waals surface area (Å²) in [6.07, 6.45) is 20.1. The summed E-state index contributed by atoms with van der Waals surface area (Å²) in [7, 11) is 0. The summed E-state index contributed by atoms with van der Waals surface area (Å²) in [6.45, 7) is 26.9. The highest BCUT2D eigenvalue weighted by Gasteiger charge is 2.38. The van der Waals surface area contributed by atoms with Crippen molar-refractivity contribution in [1.82, 2.24) is 4.90 Å². The first kappa shape index (κ1) is 34.0. The molecule has 0 spiro atoms. The second-order valence-electron chi connectivity index (χ2n) is 13.2. The molecular weight excluding hydrogens is 410 g/mol. The van der Waals surface area contributed by atoms with Crippen LogP contribution in [0.5, 0.6) is 0 Å². The maximum absolute atomic E-state index is 2.86. The first-order chi connectivity index (χ1) is 16.0. The molecule has 34 heavy (non-hydrogen) atoms. The molecule has 1 heteroatoms. The van der Waals surface area contributed by atoms with Crippen molar-refractivity contribution in [2.75, 3.05) is 0 Å². The maximum atomic E-state index is 2.86. The number of hydrogen-bond donors (Lipinski definition) is 0. The van der Waals surface area contributed by atoms with Crippen LogP contribution in [0, 0.1) is 29.6 Å². The van der Waals surface area contributed by atoms with E-state index in [0.717, 1.165) is 29.6 Å². The van der Waals surface area contributed by atoms with Crippen molar-refractivity contribution in [1.29, 1.82) is 0 Å². The molecule has 206 valence electrons. The number of rotatable bonds is 22. The van der Waals surface area contributed by atoms with Crippen LogP contribution >= 0.6 is 0 Å². The predicted octanol–water partition coefficient (Wildman–Crippen LogP) is 11.2. The lowest BCUT2D eigenvalue weighted by Crippen LogP contribution is -2.52. The highest BCUT2D eigenvalue weighted by Crippen LogP contribution is 2.39. The molecule has 0 heterocycles. The Labute approximate surface area is 218 Å². The van der Waals surface area contributed by atoms with E-state index in [-0.39, 0.29) is 0 Å². The highest BCUT2D eigenvalue weighted by molar-refractivity contribution is 4.90. The summed E-state index contributed by atoms with van der Waals surface area (Å²) in [5, 5.41) is 0. The Bertz CT molecular complexity index is 428. The van der Waals surface area contributed by atoms with Crippen molar-refractivity contribution in [3.8, 4) is 0 Å². The topological polar surface area (TPSA) is 3.24 Å². The molecule has 1 nitrogen and oxygen atoms in total. The molecule has 0 rings (SSSR count). The van der Waals surface area contributed by atoms with Crippen LogP contribution in [0.15, 0.2) is 0 Å². The average molecular weight is 480 g/mol. The molecule has 0 aromatic heterocycles. The van der Waals surface area contributed by atoms with Crippen LogP contribution < -0.4 is 0 Å². The van der Waals surface area contributed by atoms with E-state index in [4.69, 9.17) is 0 Å². The largest absolute Gasteiger partial charge is 0.295 e. The van der Waals surface area contributed by atoms with Crippen molar-refractivity contribution < 1.29 is 0 Å². The zero-order valence-corrected chi connectivity index (χ0v) is 26.0. The maximum Gasteiger partial charge on any atom is 0.0136 e. The average Bonchev–Trinajstić information content (AvgIpc) is 2.71. The van der Waals surface area contributed by atoms with Crippen molar-refractivity contribution in [3.63, 3.8) is 0 Å². The van der Waals surface area contributed by atoms with Crippen molar-refractivity contribution in [3.05, 3.63) is 0 Å². The van der Waals surface area contributed by atoms with Gasteiger partial charge in [-0.2, -0.15) is 0 Å². The second kappa shape index (κ2) is 20.1. The third kappa shape index (κ3) is 14.5. The van der Waals surface area contributed by atoms with E-state index < -0.39 is 0 Å². The third-order valence-corrected chi connectivity index (χ3v) is 8.24. The molecule has 0 aromatic rings. The third-order valence-electron chi connectivity index (χ3n) is 8.24. The smallest absolute Gasteiger partial charge is 0.0136 e. The van der Waals surface area contributed by atoms with Crippen LogP contribution in [0.25, 0.3) is 0 Å². The van der Waals surface area contributed by atoms with Crippen LogP contribution in [0.2, 0.25) is 0 Å². The van der Waals surface area contributed by atoms with Gasteiger partial charge in [-0.1, -0.05) is 126 Å². The van der Waals surface area contributed by atoms with Gasteiger partial charge in [0.1, 0.15) is 0 Å². The zero-order valence-electron chi connectivity index (χ0n) is 26.0. The number of nitrogens with zero attached hydrogens (tertiary/aromatic N) is 1. The molecule has 0 amide bonds. The fourth-order valence-electron chi connectivity index (χ4n) is 6.74. The fraction of sp³-hybridized carbons (Fsp3) is 1.00. The summed E-state index contributed by atoms with van der Waals surface area (Å²) < 4.78 is 0. The molecule has 0 saturated heterocycles. The molecule has 3 unspecified atom stereocenters. The predicted molar refractivity (Wildman–Crippen MR) is 158 cm³/mol. The molecule has 3 atom stereocenters. The second-order valence-corrected chi connectivity index (χ2v) is 13.2. The molecule has 0 saturated carbocycles. The van der Waals surface area contributed by atoms with Crippen LogP contribution in [0.4, 0.5) is 0 Å². The monoisotopic (exact) mass is 480 g/mol. The van der Waals surface area contributed by atoms with Gasteiger partial charge in [0.15, 0.2) is 0 Å². The molecule has 0 fully saturated rings. The van der Waals surface area contributed by atoms with Gasteiger partial charge in [-0.15, -0.1) is 0 Å². The summed E-state index contributed by atoms with van der Waals surface area (Å²) in [6, 6.07) is 1.93. The molecule has 0 aromatic carbocycles. The van der Waals surface area contributed by atoms with E-state index in [1.165, 1.54) is 89.9 Å². The zero-order chi connectivity index (χ0) is 26.1. The van der Waals surface area contributed by atoms with Gasteiger partial charge < -0.3 is 0 Å². The van der Waals surface area contributed by atoms with Gasteiger partial charge in [0, 0.05) is 18.1 Å². The van der Waals surface area contributed by atoms with Crippen LogP contribution in [0.1, 0.15) is 166 Å². The van der Waals surface area contributed by atoms with Crippen molar-refractivity contribution >= 4 is 0 Å². The van der Waals surface area contributed by atoms with Crippen molar-refractivity contribution in [2.24, 2.45) is 29.6 Å². The van der Waals surface area contributed by atoms with Gasteiger partial charge in [-0.05, 0) is 70.1 Å². The standard InChI is InChI=1S/C33H69N/c1-12-13-14-15-16-17-18-19-20-21-22-23-24-31(27(4)5)33(28(6)7)32(25-26(2)3)34(29(8)9)30(10)11/h26-33H,12-25H2,1-11H3. The van der Waals surface area contributed by atoms with E-state index in [2.05, 4.69) is 81.1 Å². The minimum Gasteiger partial charge on any atom is -0.295 e. The minimum absolute atomic E-state index is 0.615. The molecule has 0 radical (unpaired) electrons. The van der Waals surface area contributed by atoms with E-state index >= 15 is 0 Å². The molecule has 0 N–H and O–H groups in total. The van der Waals surface area contributed by atoms with Gasteiger partial charge in [0.2, 0.25) is 0 Å². The first-order valence-corrected chi connectivity index (χ1v) is 15.8. The molecular formula is C33H69N. The SMILES string of the molecule is CCCCCCCCCCCCCCC(C(C)C)C(C(C)C)C(CC(C)C)N(C(C)C)C(C)C. The Kier molecular flexibility index (Phi) is 20.0. The van der Waals surface area contributed by atoms with Crippen LogP contribution in [0.3, 0.4) is 0 Å². The Morgan fingerprint density at radius 3 is 1.24 bits per heavy atom. The van der Waals surface area contributed by atoms with Gasteiger partial charge in [0.25, 0.3) is 0 Å². The van der Waals surface area contributed by atoms with Gasteiger partial charge in [-0.25, -0.2) is 0 Å². The lowest BCUT2D eigenvalue weighted by atomic mass is 9.68. The highest BCUT2D eigenvalue weighted by atomic mass is 15.2. The van der Waals surface area contributed by atoms with E-state index in [0.29, 0.717) is 18.1 Å². The van der Waals surface area contributed by atoms with Gasteiger partial charge >= 0.3 is 0 Å². The molecule has 0 bridgehead atoms. The number of unbranched alkanes of at least 4 members (excludes halogenated alkanes) is 11. The Hall–Kier alpha value is -0.0400. The quantitative estimate of drug-likeness (QED) is 0.139. The van der Waals surface area contributed by atoms with E-state index in [1.807, 2.05) is 0 Å². The van der Waals surface area contributed by atoms with Gasteiger partial charge in [0.05, 0.1) is 0 Å². The van der Waals surface area contributed by atoms with Crippen molar-refractivity contribution in [2.45, 2.75) is 184 Å². The Morgan fingerprint density at radius 2 is 0.912 bits per heavy atom. The summed E-state index contributed by atoms with van der Waals surface area (Å²) in [4.78, 5) is 2.86. The Morgan fingerprint density at radius 1 is 0.500 bits per heavy atom. The van der Waals surface area contributed by atoms with E-state index in [1.54, 1.807) is 0 Å². The first-order valence-electron chi connectivity index (χ1n) is 15.8. The molecule has 0 aliphatic carbocycles. The van der Waals surface area contributed by atoms with Gasteiger partial charge in [-0.3, -0.25) is 4.90 Å². The van der Waals surface area contributed by atoms with Crippen LogP contribution in [-0.2, 0) is 0 Å².